The van der Waals surface area contributed by atoms with Gasteiger partial charge in [-0.15, -0.1) is 0 Å². The summed E-state index contributed by atoms with van der Waals surface area (Å²) in [6.07, 6.45) is 0. The third kappa shape index (κ3) is 3.53. The molecule has 0 unspecified atom stereocenters. The summed E-state index contributed by atoms with van der Waals surface area (Å²) in [5.41, 5.74) is 1.74. The molecule has 0 aliphatic rings. The lowest BCUT2D eigenvalue weighted by atomic mass is 10.2. The quantitative estimate of drug-likeness (QED) is 0.494. The van der Waals surface area contributed by atoms with Crippen LogP contribution in [0.3, 0.4) is 0 Å². The number of hydrogen-bond acceptors (Lipinski definition) is 6. The molecule has 4 aromatic rings. The van der Waals surface area contributed by atoms with E-state index in [-0.39, 0.29) is 11.8 Å². The molecule has 4 rings (SSSR count). The third-order valence-corrected chi connectivity index (χ3v) is 6.01. The summed E-state index contributed by atoms with van der Waals surface area (Å²) < 4.78 is 15.0. The Morgan fingerprint density at radius 3 is 2.16 bits per heavy atom. The highest BCUT2D eigenvalue weighted by molar-refractivity contribution is 7.16. The predicted molar refractivity (Wildman–Crippen MR) is 118 cm³/mol. The Bertz CT molecular complexity index is 1310. The number of ether oxygens (including phenoxy) is 2. The molecule has 2 heterocycles. The minimum absolute atomic E-state index is 0.0987. The minimum Gasteiger partial charge on any atom is -0.495 e. The summed E-state index contributed by atoms with van der Waals surface area (Å²) in [6.45, 7) is 2.57. The Kier molecular flexibility index (Phi) is 5.43. The highest BCUT2D eigenvalue weighted by atomic mass is 32.1. The molecule has 9 heteroatoms. The van der Waals surface area contributed by atoms with Crippen LogP contribution in [0, 0.1) is 0 Å². The van der Waals surface area contributed by atoms with E-state index in [1.807, 2.05) is 23.6 Å². The van der Waals surface area contributed by atoms with Gasteiger partial charge >= 0.3 is 0 Å². The van der Waals surface area contributed by atoms with Crippen LogP contribution in [0.25, 0.3) is 15.9 Å². The molecule has 0 radical (unpaired) electrons. The zero-order valence-electron chi connectivity index (χ0n) is 17.2. The Morgan fingerprint density at radius 2 is 1.58 bits per heavy atom. The van der Waals surface area contributed by atoms with Crippen molar-refractivity contribution in [3.8, 4) is 28.9 Å². The number of aromatic nitrogens is 2. The maximum atomic E-state index is 12.9. The van der Waals surface area contributed by atoms with Crippen LogP contribution in [0.2, 0.25) is 0 Å². The van der Waals surface area contributed by atoms with Crippen LogP contribution >= 0.6 is 11.3 Å². The molecule has 0 saturated heterocycles. The standard InChI is InChI=1S/C22H21N3O5S/c1-4-24-19-15(29-2)9-10-16(30-3)20(19)31-22(24)23-21(28)13-5-7-14(8-6-13)25-17(26)11-12-18(25)27/h5-12,26-27H,4H2,1-3H3. The number of carbonyl (C=O) groups is 1. The number of amides is 1. The summed E-state index contributed by atoms with van der Waals surface area (Å²) in [5, 5.41) is 19.7. The van der Waals surface area contributed by atoms with Gasteiger partial charge in [0.2, 0.25) is 0 Å². The number of aryl methyl sites for hydroxylation is 1. The predicted octanol–water partition coefficient (Wildman–Crippen LogP) is 3.68. The van der Waals surface area contributed by atoms with Crippen molar-refractivity contribution in [1.29, 1.82) is 0 Å². The fourth-order valence-electron chi connectivity index (χ4n) is 3.42. The van der Waals surface area contributed by atoms with Crippen molar-refractivity contribution in [1.82, 2.24) is 9.13 Å². The summed E-state index contributed by atoms with van der Waals surface area (Å²) >= 11 is 1.36. The number of carbonyl (C=O) groups excluding carboxylic acids is 1. The van der Waals surface area contributed by atoms with Crippen molar-refractivity contribution in [2.24, 2.45) is 4.99 Å². The van der Waals surface area contributed by atoms with Crippen LogP contribution in [0.4, 0.5) is 0 Å². The van der Waals surface area contributed by atoms with E-state index in [2.05, 4.69) is 4.99 Å². The van der Waals surface area contributed by atoms with Crippen molar-refractivity contribution in [2.75, 3.05) is 14.2 Å². The Balaban J connectivity index is 1.77. The van der Waals surface area contributed by atoms with E-state index >= 15 is 0 Å². The first-order valence-electron chi connectivity index (χ1n) is 9.52. The molecule has 2 N–H and O–H groups in total. The van der Waals surface area contributed by atoms with Crippen molar-refractivity contribution in [3.05, 3.63) is 58.9 Å². The van der Waals surface area contributed by atoms with Gasteiger partial charge < -0.3 is 24.3 Å². The molecule has 160 valence electrons. The molecular formula is C22H21N3O5S. The van der Waals surface area contributed by atoms with E-state index in [1.165, 1.54) is 28.0 Å². The van der Waals surface area contributed by atoms with Gasteiger partial charge in [0, 0.05) is 24.2 Å². The van der Waals surface area contributed by atoms with Gasteiger partial charge in [-0.3, -0.25) is 9.36 Å². The smallest absolute Gasteiger partial charge is 0.279 e. The summed E-state index contributed by atoms with van der Waals surface area (Å²) in [5.74, 6) is 0.766. The minimum atomic E-state index is -0.404. The van der Waals surface area contributed by atoms with Gasteiger partial charge in [0.15, 0.2) is 16.6 Å². The van der Waals surface area contributed by atoms with Gasteiger partial charge in [0.1, 0.15) is 21.7 Å². The molecule has 1 amide bonds. The van der Waals surface area contributed by atoms with Gasteiger partial charge in [-0.2, -0.15) is 4.99 Å². The number of methoxy groups -OCH3 is 2. The number of aromatic hydroxyl groups is 2. The zero-order chi connectivity index (χ0) is 22.1. The Hall–Kier alpha value is -3.72. The van der Waals surface area contributed by atoms with Crippen molar-refractivity contribution >= 4 is 27.5 Å². The van der Waals surface area contributed by atoms with Crippen LogP contribution < -0.4 is 14.3 Å². The number of fused-ring (bicyclic) bond motifs is 1. The monoisotopic (exact) mass is 439 g/mol. The van der Waals surface area contributed by atoms with Gasteiger partial charge in [0.05, 0.1) is 19.9 Å². The molecule has 0 saturated carbocycles. The van der Waals surface area contributed by atoms with Gasteiger partial charge in [0.25, 0.3) is 5.91 Å². The third-order valence-electron chi connectivity index (χ3n) is 4.92. The average molecular weight is 439 g/mol. The van der Waals surface area contributed by atoms with Crippen LogP contribution in [0.5, 0.6) is 23.3 Å². The maximum absolute atomic E-state index is 12.9. The number of benzene rings is 2. The fraction of sp³-hybridized carbons (Fsp3) is 0.182. The molecule has 31 heavy (non-hydrogen) atoms. The second kappa shape index (κ2) is 8.19. The van der Waals surface area contributed by atoms with E-state index in [1.54, 1.807) is 38.5 Å². The molecule has 0 spiro atoms. The molecule has 8 nitrogen and oxygen atoms in total. The number of nitrogens with zero attached hydrogens (tertiary/aromatic N) is 3. The Morgan fingerprint density at radius 1 is 0.968 bits per heavy atom. The first kappa shape index (κ1) is 20.5. The lowest BCUT2D eigenvalue weighted by molar-refractivity contribution is 0.0998. The van der Waals surface area contributed by atoms with E-state index in [4.69, 9.17) is 9.47 Å². The van der Waals surface area contributed by atoms with E-state index in [9.17, 15) is 15.0 Å². The second-order valence-corrected chi connectivity index (χ2v) is 7.60. The van der Waals surface area contributed by atoms with Crippen LogP contribution in [-0.4, -0.2) is 39.5 Å². The van der Waals surface area contributed by atoms with Gasteiger partial charge in [-0.1, -0.05) is 11.3 Å². The summed E-state index contributed by atoms with van der Waals surface area (Å²) in [7, 11) is 3.20. The van der Waals surface area contributed by atoms with Crippen molar-refractivity contribution in [2.45, 2.75) is 13.5 Å². The van der Waals surface area contributed by atoms with Crippen LogP contribution in [0.15, 0.2) is 53.5 Å². The number of hydrogen-bond donors (Lipinski definition) is 2. The topological polar surface area (TPSA) is 98.2 Å². The lowest BCUT2D eigenvalue weighted by Crippen LogP contribution is -2.16. The zero-order valence-corrected chi connectivity index (χ0v) is 18.0. The fourth-order valence-corrected chi connectivity index (χ4v) is 4.62. The lowest BCUT2D eigenvalue weighted by Gasteiger charge is -2.08. The molecule has 0 aliphatic heterocycles. The number of thiazole rings is 1. The van der Waals surface area contributed by atoms with E-state index in [0.717, 1.165) is 10.2 Å². The molecule has 0 bridgehead atoms. The SMILES string of the molecule is CCn1c(=NC(=O)c2ccc(-n3c(O)ccc3O)cc2)sc2c(OC)ccc(OC)c21. The molecule has 2 aromatic carbocycles. The molecule has 0 aliphatic carbocycles. The summed E-state index contributed by atoms with van der Waals surface area (Å²) in [6, 6.07) is 12.9. The summed E-state index contributed by atoms with van der Waals surface area (Å²) in [4.78, 5) is 17.7. The van der Waals surface area contributed by atoms with Crippen LogP contribution in [-0.2, 0) is 6.54 Å². The van der Waals surface area contributed by atoms with E-state index in [0.29, 0.717) is 34.1 Å². The first-order valence-corrected chi connectivity index (χ1v) is 10.3. The normalized spacial score (nSPS) is 11.8. The van der Waals surface area contributed by atoms with Gasteiger partial charge in [-0.25, -0.2) is 0 Å². The molecular weight excluding hydrogens is 418 g/mol. The average Bonchev–Trinajstić information content (AvgIpc) is 3.32. The first-order chi connectivity index (χ1) is 15.0. The Labute approximate surface area is 181 Å². The highest BCUT2D eigenvalue weighted by Gasteiger charge is 2.16. The van der Waals surface area contributed by atoms with Gasteiger partial charge in [-0.05, 0) is 43.3 Å². The largest absolute Gasteiger partial charge is 0.495 e. The highest BCUT2D eigenvalue weighted by Crippen LogP contribution is 2.35. The number of rotatable bonds is 5. The van der Waals surface area contributed by atoms with E-state index < -0.39 is 5.91 Å². The molecule has 0 atom stereocenters. The van der Waals surface area contributed by atoms with Crippen molar-refractivity contribution < 1.29 is 24.5 Å². The van der Waals surface area contributed by atoms with Crippen LogP contribution in [0.1, 0.15) is 17.3 Å². The maximum Gasteiger partial charge on any atom is 0.279 e. The molecule has 2 aromatic heterocycles. The molecule has 0 fully saturated rings. The van der Waals surface area contributed by atoms with Crippen molar-refractivity contribution in [3.63, 3.8) is 0 Å². The second-order valence-electron chi connectivity index (χ2n) is 6.63.